The Labute approximate surface area is 166 Å². The maximum absolute atomic E-state index is 12.5. The third-order valence-corrected chi connectivity index (χ3v) is 4.43. The lowest BCUT2D eigenvalue weighted by Gasteiger charge is -2.09. The molecule has 0 fully saturated rings. The standard InChI is InChI=1S/C21H18ClN3O3/c1-13-3-10-18-23-20(17-9-4-14(2)28-17)21(25(18)11-13)24-19(26)12-27-16-7-5-15(22)6-8-16/h3-11H,12H2,1-2H3,(H,24,26). The molecule has 0 bridgehead atoms. The van der Waals surface area contributed by atoms with Crippen molar-refractivity contribution < 1.29 is 13.9 Å². The number of nitrogens with one attached hydrogen (secondary N) is 1. The smallest absolute Gasteiger partial charge is 0.263 e. The fourth-order valence-electron chi connectivity index (χ4n) is 2.85. The number of ether oxygens (including phenoxy) is 1. The Bertz CT molecular complexity index is 1150. The summed E-state index contributed by atoms with van der Waals surface area (Å²) >= 11 is 5.86. The molecule has 6 nitrogen and oxygen atoms in total. The molecule has 0 atom stereocenters. The summed E-state index contributed by atoms with van der Waals surface area (Å²) in [6.45, 7) is 3.70. The fraction of sp³-hybridized carbons (Fsp3) is 0.143. The van der Waals surface area contributed by atoms with Gasteiger partial charge in [0.15, 0.2) is 12.4 Å². The van der Waals surface area contributed by atoms with Gasteiger partial charge in [-0.05, 0) is 61.9 Å². The van der Waals surface area contributed by atoms with E-state index in [4.69, 9.17) is 20.8 Å². The van der Waals surface area contributed by atoms with Gasteiger partial charge in [-0.25, -0.2) is 4.98 Å². The summed E-state index contributed by atoms with van der Waals surface area (Å²) in [5, 5.41) is 3.51. The van der Waals surface area contributed by atoms with Crippen LogP contribution < -0.4 is 10.1 Å². The van der Waals surface area contributed by atoms with E-state index in [1.165, 1.54) is 0 Å². The van der Waals surface area contributed by atoms with Crippen LogP contribution in [0.5, 0.6) is 5.75 Å². The van der Waals surface area contributed by atoms with E-state index in [1.807, 2.05) is 48.7 Å². The fourth-order valence-corrected chi connectivity index (χ4v) is 2.98. The number of nitrogens with zero attached hydrogens (tertiary/aromatic N) is 2. The van der Waals surface area contributed by atoms with Crippen molar-refractivity contribution in [3.8, 4) is 17.2 Å². The highest BCUT2D eigenvalue weighted by Gasteiger charge is 2.19. The third kappa shape index (κ3) is 3.73. The summed E-state index contributed by atoms with van der Waals surface area (Å²) < 4.78 is 13.1. The summed E-state index contributed by atoms with van der Waals surface area (Å²) in [5.41, 5.74) is 2.32. The second kappa shape index (κ2) is 7.40. The second-order valence-electron chi connectivity index (χ2n) is 6.44. The largest absolute Gasteiger partial charge is 0.484 e. The van der Waals surface area contributed by atoms with Crippen molar-refractivity contribution in [2.45, 2.75) is 13.8 Å². The van der Waals surface area contributed by atoms with Crippen molar-refractivity contribution in [2.24, 2.45) is 0 Å². The number of benzene rings is 1. The topological polar surface area (TPSA) is 68.8 Å². The number of halogens is 1. The molecule has 0 radical (unpaired) electrons. The zero-order chi connectivity index (χ0) is 19.7. The van der Waals surface area contributed by atoms with Crippen LogP contribution in [0, 0.1) is 13.8 Å². The van der Waals surface area contributed by atoms with Crippen molar-refractivity contribution >= 4 is 29.0 Å². The van der Waals surface area contributed by atoms with Gasteiger partial charge >= 0.3 is 0 Å². The molecule has 0 saturated heterocycles. The lowest BCUT2D eigenvalue weighted by atomic mass is 10.3. The van der Waals surface area contributed by atoms with Gasteiger partial charge in [0.2, 0.25) is 0 Å². The van der Waals surface area contributed by atoms with Crippen molar-refractivity contribution in [3.05, 3.63) is 71.1 Å². The van der Waals surface area contributed by atoms with E-state index in [-0.39, 0.29) is 12.5 Å². The lowest BCUT2D eigenvalue weighted by molar-refractivity contribution is -0.118. The molecule has 28 heavy (non-hydrogen) atoms. The monoisotopic (exact) mass is 395 g/mol. The number of pyridine rings is 1. The zero-order valence-electron chi connectivity index (χ0n) is 15.4. The molecule has 4 aromatic rings. The lowest BCUT2D eigenvalue weighted by Crippen LogP contribution is -2.21. The minimum absolute atomic E-state index is 0.142. The number of carbonyl (C=O) groups is 1. The van der Waals surface area contributed by atoms with Gasteiger partial charge in [-0.3, -0.25) is 9.20 Å². The van der Waals surface area contributed by atoms with Crippen LogP contribution in [-0.4, -0.2) is 21.9 Å². The number of carbonyl (C=O) groups excluding carboxylic acids is 1. The molecule has 142 valence electrons. The second-order valence-corrected chi connectivity index (χ2v) is 6.88. The van der Waals surface area contributed by atoms with E-state index in [2.05, 4.69) is 10.3 Å². The molecular formula is C21H18ClN3O3. The van der Waals surface area contributed by atoms with Crippen molar-refractivity contribution in [1.29, 1.82) is 0 Å². The van der Waals surface area contributed by atoms with Crippen LogP contribution >= 0.6 is 11.6 Å². The van der Waals surface area contributed by atoms with Crippen LogP contribution in [0.15, 0.2) is 59.1 Å². The highest BCUT2D eigenvalue weighted by atomic mass is 35.5. The predicted molar refractivity (Wildman–Crippen MR) is 108 cm³/mol. The molecule has 0 spiro atoms. The number of anilines is 1. The van der Waals surface area contributed by atoms with Gasteiger partial charge in [0.05, 0.1) is 0 Å². The first kappa shape index (κ1) is 18.1. The van der Waals surface area contributed by atoms with Gasteiger partial charge in [0.25, 0.3) is 5.91 Å². The summed E-state index contributed by atoms with van der Waals surface area (Å²) in [6, 6.07) is 14.4. The van der Waals surface area contributed by atoms with Gasteiger partial charge in [0, 0.05) is 11.2 Å². The van der Waals surface area contributed by atoms with Gasteiger partial charge in [0.1, 0.15) is 28.7 Å². The van der Waals surface area contributed by atoms with E-state index in [0.717, 1.165) is 11.3 Å². The predicted octanol–water partition coefficient (Wildman–Crippen LogP) is 4.88. The SMILES string of the molecule is Cc1ccc2nc(-c3ccc(C)o3)c(NC(=O)COc3ccc(Cl)cc3)n2c1. The number of imidazole rings is 1. The number of rotatable bonds is 5. The molecule has 0 aliphatic heterocycles. The summed E-state index contributed by atoms with van der Waals surface area (Å²) in [5.74, 6) is 2.16. The quantitative estimate of drug-likeness (QED) is 0.522. The summed E-state index contributed by atoms with van der Waals surface area (Å²) in [6.07, 6.45) is 1.91. The highest BCUT2D eigenvalue weighted by Crippen LogP contribution is 2.30. The molecule has 0 unspecified atom stereocenters. The Morgan fingerprint density at radius 3 is 2.64 bits per heavy atom. The molecule has 0 saturated carbocycles. The molecule has 1 aromatic carbocycles. The number of amides is 1. The van der Waals surface area contributed by atoms with E-state index in [9.17, 15) is 4.79 Å². The first-order valence-electron chi connectivity index (χ1n) is 8.73. The van der Waals surface area contributed by atoms with Crippen LogP contribution in [0.1, 0.15) is 11.3 Å². The van der Waals surface area contributed by atoms with Crippen molar-refractivity contribution in [1.82, 2.24) is 9.38 Å². The van der Waals surface area contributed by atoms with Gasteiger partial charge in [-0.2, -0.15) is 0 Å². The molecule has 3 aromatic heterocycles. The normalized spacial score (nSPS) is 11.0. The van der Waals surface area contributed by atoms with Crippen molar-refractivity contribution in [3.63, 3.8) is 0 Å². The molecule has 3 heterocycles. The minimum atomic E-state index is -0.303. The van der Waals surface area contributed by atoms with E-state index in [0.29, 0.717) is 33.7 Å². The van der Waals surface area contributed by atoms with Crippen LogP contribution in [0.4, 0.5) is 5.82 Å². The zero-order valence-corrected chi connectivity index (χ0v) is 16.2. The summed E-state index contributed by atoms with van der Waals surface area (Å²) in [4.78, 5) is 17.2. The van der Waals surface area contributed by atoms with E-state index >= 15 is 0 Å². The third-order valence-electron chi connectivity index (χ3n) is 4.18. The Balaban J connectivity index is 1.61. The number of aromatic nitrogens is 2. The molecular weight excluding hydrogens is 378 g/mol. The maximum atomic E-state index is 12.5. The molecule has 7 heteroatoms. The Hall–Kier alpha value is -3.25. The number of fused-ring (bicyclic) bond motifs is 1. The number of hydrogen-bond donors (Lipinski definition) is 1. The number of furan rings is 1. The molecule has 0 aliphatic rings. The average Bonchev–Trinajstić information content (AvgIpc) is 3.25. The van der Waals surface area contributed by atoms with Crippen LogP contribution in [-0.2, 0) is 4.79 Å². The Morgan fingerprint density at radius 1 is 1.14 bits per heavy atom. The van der Waals surface area contributed by atoms with Crippen molar-refractivity contribution in [2.75, 3.05) is 11.9 Å². The number of hydrogen-bond acceptors (Lipinski definition) is 4. The van der Waals surface area contributed by atoms with Crippen LogP contribution in [0.25, 0.3) is 17.1 Å². The average molecular weight is 396 g/mol. The first-order valence-corrected chi connectivity index (χ1v) is 9.11. The molecule has 4 rings (SSSR count). The highest BCUT2D eigenvalue weighted by molar-refractivity contribution is 6.30. The Kier molecular flexibility index (Phi) is 4.79. The molecule has 1 amide bonds. The van der Waals surface area contributed by atoms with Crippen LogP contribution in [0.2, 0.25) is 5.02 Å². The summed E-state index contributed by atoms with van der Waals surface area (Å²) in [7, 11) is 0. The molecule has 0 aliphatic carbocycles. The van der Waals surface area contributed by atoms with Gasteiger partial charge in [-0.1, -0.05) is 17.7 Å². The maximum Gasteiger partial charge on any atom is 0.263 e. The van der Waals surface area contributed by atoms with Gasteiger partial charge in [-0.15, -0.1) is 0 Å². The Morgan fingerprint density at radius 2 is 1.93 bits per heavy atom. The number of aryl methyl sites for hydroxylation is 2. The molecule has 1 N–H and O–H groups in total. The van der Waals surface area contributed by atoms with Gasteiger partial charge < -0.3 is 14.5 Å². The minimum Gasteiger partial charge on any atom is -0.484 e. The van der Waals surface area contributed by atoms with E-state index in [1.54, 1.807) is 24.3 Å². The van der Waals surface area contributed by atoms with E-state index < -0.39 is 0 Å². The van der Waals surface area contributed by atoms with Crippen LogP contribution in [0.3, 0.4) is 0 Å². The first-order chi connectivity index (χ1) is 13.5.